The van der Waals surface area contributed by atoms with E-state index in [1.807, 2.05) is 0 Å². The lowest BCUT2D eigenvalue weighted by atomic mass is 10.1. The molecule has 1 aliphatic carbocycles. The van der Waals surface area contributed by atoms with Gasteiger partial charge in [0.2, 0.25) is 0 Å². The van der Waals surface area contributed by atoms with Gasteiger partial charge >= 0.3 is 0 Å². The van der Waals surface area contributed by atoms with Gasteiger partial charge in [0.05, 0.1) is 0 Å². The molecule has 1 saturated carbocycles. The number of para-hydroxylation sites is 1. The lowest BCUT2D eigenvalue weighted by Crippen LogP contribution is -2.02. The number of halogens is 3. The zero-order valence-electron chi connectivity index (χ0n) is 9.74. The summed E-state index contributed by atoms with van der Waals surface area (Å²) in [6.07, 6.45) is 1.01. The molecular formula is C13H9Cl2FN2O. The summed E-state index contributed by atoms with van der Waals surface area (Å²) >= 11 is 11.6. The van der Waals surface area contributed by atoms with Crippen LogP contribution in [0.15, 0.2) is 30.3 Å². The van der Waals surface area contributed by atoms with Crippen molar-refractivity contribution >= 4 is 23.2 Å². The van der Waals surface area contributed by atoms with Crippen LogP contribution < -0.4 is 4.74 Å². The first kappa shape index (κ1) is 12.6. The Labute approximate surface area is 119 Å². The summed E-state index contributed by atoms with van der Waals surface area (Å²) in [5.74, 6) is 0.517. The van der Waals surface area contributed by atoms with E-state index in [0.29, 0.717) is 24.2 Å². The number of aromatic nitrogens is 2. The third kappa shape index (κ3) is 2.51. The predicted molar refractivity (Wildman–Crippen MR) is 70.6 cm³/mol. The molecule has 0 unspecified atom stereocenters. The number of hydrogen-bond donors (Lipinski definition) is 0. The molecule has 0 saturated heterocycles. The third-order valence-corrected chi connectivity index (χ3v) is 3.41. The van der Waals surface area contributed by atoms with Crippen LogP contribution in [0.3, 0.4) is 0 Å². The number of hydrogen-bond acceptors (Lipinski definition) is 3. The van der Waals surface area contributed by atoms with Crippen LogP contribution in [-0.2, 0) is 5.67 Å². The van der Waals surface area contributed by atoms with Crippen molar-refractivity contribution in [2.24, 2.45) is 0 Å². The summed E-state index contributed by atoms with van der Waals surface area (Å²) < 4.78 is 19.7. The Kier molecular flexibility index (Phi) is 3.07. The van der Waals surface area contributed by atoms with Crippen LogP contribution in [0.25, 0.3) is 0 Å². The van der Waals surface area contributed by atoms with Gasteiger partial charge in [0.25, 0.3) is 5.88 Å². The van der Waals surface area contributed by atoms with Gasteiger partial charge in [-0.15, -0.1) is 10.2 Å². The van der Waals surface area contributed by atoms with Gasteiger partial charge in [-0.25, -0.2) is 4.39 Å². The van der Waals surface area contributed by atoms with Crippen LogP contribution in [0.1, 0.15) is 18.4 Å². The van der Waals surface area contributed by atoms with Gasteiger partial charge in [-0.1, -0.05) is 41.4 Å². The lowest BCUT2D eigenvalue weighted by molar-refractivity contribution is 0.306. The Morgan fingerprint density at radius 2 is 1.89 bits per heavy atom. The van der Waals surface area contributed by atoms with Crippen LogP contribution in [0.5, 0.6) is 11.6 Å². The summed E-state index contributed by atoms with van der Waals surface area (Å²) in [7, 11) is 0. The highest BCUT2D eigenvalue weighted by molar-refractivity contribution is 6.34. The molecule has 2 aromatic rings. The Bertz CT molecular complexity index is 632. The van der Waals surface area contributed by atoms with E-state index in [0.717, 1.165) is 0 Å². The summed E-state index contributed by atoms with van der Waals surface area (Å²) in [6.45, 7) is 0. The zero-order valence-corrected chi connectivity index (χ0v) is 11.2. The minimum atomic E-state index is -1.29. The first-order chi connectivity index (χ1) is 9.08. The average molecular weight is 299 g/mol. The third-order valence-electron chi connectivity index (χ3n) is 2.95. The smallest absolute Gasteiger partial charge is 0.257 e. The van der Waals surface area contributed by atoms with Gasteiger partial charge in [0, 0.05) is 11.6 Å². The molecular weight excluding hydrogens is 290 g/mol. The van der Waals surface area contributed by atoms with Gasteiger partial charge in [-0.3, -0.25) is 0 Å². The molecule has 0 aliphatic heterocycles. The predicted octanol–water partition coefficient (Wildman–Crippen LogP) is 4.53. The molecule has 98 valence electrons. The fourth-order valence-corrected chi connectivity index (χ4v) is 2.20. The molecule has 1 aliphatic rings. The lowest BCUT2D eigenvalue weighted by Gasteiger charge is -2.13. The van der Waals surface area contributed by atoms with Crippen LogP contribution in [0, 0.1) is 0 Å². The Balaban J connectivity index is 1.95. The standard InChI is InChI=1S/C13H9Cl2FN2O/c14-9-7-11(15)17-18-12(9)19-10-4-2-1-3-8(10)13(16)5-6-13/h1-4,7H,5-6H2. The number of rotatable bonds is 3. The molecule has 1 aromatic carbocycles. The fraction of sp³-hybridized carbons (Fsp3) is 0.231. The Hall–Kier alpha value is -1.39. The highest BCUT2D eigenvalue weighted by Crippen LogP contribution is 2.53. The molecule has 0 atom stereocenters. The molecule has 0 N–H and O–H groups in total. The van der Waals surface area contributed by atoms with Crippen LogP contribution in [-0.4, -0.2) is 10.2 Å². The van der Waals surface area contributed by atoms with Gasteiger partial charge in [0.1, 0.15) is 16.4 Å². The summed E-state index contributed by atoms with van der Waals surface area (Å²) in [5, 5.41) is 7.82. The summed E-state index contributed by atoms with van der Waals surface area (Å²) in [5.41, 5.74) is -0.772. The SMILES string of the molecule is FC1(c2ccccc2Oc2nnc(Cl)cc2Cl)CC1. The van der Waals surface area contributed by atoms with Crippen molar-refractivity contribution in [3.05, 3.63) is 46.1 Å². The number of ether oxygens (including phenoxy) is 1. The first-order valence-corrected chi connectivity index (χ1v) is 6.49. The molecule has 19 heavy (non-hydrogen) atoms. The van der Waals surface area contributed by atoms with Crippen molar-refractivity contribution in [1.29, 1.82) is 0 Å². The van der Waals surface area contributed by atoms with Gasteiger partial charge in [-0.2, -0.15) is 0 Å². The van der Waals surface area contributed by atoms with E-state index in [1.54, 1.807) is 24.3 Å². The van der Waals surface area contributed by atoms with E-state index in [4.69, 9.17) is 27.9 Å². The first-order valence-electron chi connectivity index (χ1n) is 5.73. The highest BCUT2D eigenvalue weighted by Gasteiger charge is 2.47. The quantitative estimate of drug-likeness (QED) is 0.835. The second-order valence-corrected chi connectivity index (χ2v) is 5.18. The van der Waals surface area contributed by atoms with Crippen LogP contribution >= 0.6 is 23.2 Å². The normalized spacial score (nSPS) is 16.2. The van der Waals surface area contributed by atoms with Crippen molar-refractivity contribution in [1.82, 2.24) is 10.2 Å². The minimum Gasteiger partial charge on any atom is -0.436 e. The molecule has 0 spiro atoms. The Morgan fingerprint density at radius 3 is 2.58 bits per heavy atom. The van der Waals surface area contributed by atoms with E-state index in [-0.39, 0.29) is 16.1 Å². The van der Waals surface area contributed by atoms with E-state index in [9.17, 15) is 4.39 Å². The number of alkyl halides is 1. The van der Waals surface area contributed by atoms with Crippen molar-refractivity contribution in [2.45, 2.75) is 18.5 Å². The second-order valence-electron chi connectivity index (χ2n) is 4.38. The minimum absolute atomic E-state index is 0.114. The van der Waals surface area contributed by atoms with Gasteiger partial charge in [0.15, 0.2) is 5.15 Å². The molecule has 0 radical (unpaired) electrons. The fourth-order valence-electron chi connectivity index (χ4n) is 1.81. The van der Waals surface area contributed by atoms with Gasteiger partial charge in [-0.05, 0) is 18.9 Å². The molecule has 6 heteroatoms. The molecule has 3 nitrogen and oxygen atoms in total. The second kappa shape index (κ2) is 4.62. The van der Waals surface area contributed by atoms with E-state index < -0.39 is 5.67 Å². The number of benzene rings is 1. The van der Waals surface area contributed by atoms with Crippen LogP contribution in [0.2, 0.25) is 10.2 Å². The molecule has 0 bridgehead atoms. The average Bonchev–Trinajstić information content (AvgIpc) is 3.13. The van der Waals surface area contributed by atoms with Crippen molar-refractivity contribution < 1.29 is 9.13 Å². The van der Waals surface area contributed by atoms with E-state index in [2.05, 4.69) is 10.2 Å². The molecule has 3 rings (SSSR count). The van der Waals surface area contributed by atoms with E-state index in [1.165, 1.54) is 6.07 Å². The van der Waals surface area contributed by atoms with Crippen molar-refractivity contribution in [3.8, 4) is 11.6 Å². The number of nitrogens with zero attached hydrogens (tertiary/aromatic N) is 2. The monoisotopic (exact) mass is 298 g/mol. The molecule has 0 amide bonds. The van der Waals surface area contributed by atoms with Crippen LogP contribution in [0.4, 0.5) is 4.39 Å². The summed E-state index contributed by atoms with van der Waals surface area (Å²) in [4.78, 5) is 0. The largest absolute Gasteiger partial charge is 0.436 e. The zero-order chi connectivity index (χ0) is 13.5. The maximum Gasteiger partial charge on any atom is 0.257 e. The maximum atomic E-state index is 14.2. The summed E-state index contributed by atoms with van der Waals surface area (Å²) in [6, 6.07) is 8.36. The molecule has 1 aromatic heterocycles. The molecule has 1 fully saturated rings. The topological polar surface area (TPSA) is 35.0 Å². The van der Waals surface area contributed by atoms with E-state index >= 15 is 0 Å². The van der Waals surface area contributed by atoms with Crippen molar-refractivity contribution in [3.63, 3.8) is 0 Å². The maximum absolute atomic E-state index is 14.2. The molecule has 1 heterocycles. The Morgan fingerprint density at radius 1 is 1.16 bits per heavy atom. The van der Waals surface area contributed by atoms with Crippen molar-refractivity contribution in [2.75, 3.05) is 0 Å². The van der Waals surface area contributed by atoms with Gasteiger partial charge < -0.3 is 4.74 Å². The highest BCUT2D eigenvalue weighted by atomic mass is 35.5.